The quantitative estimate of drug-likeness (QED) is 0.723. The highest BCUT2D eigenvalue weighted by atomic mass is 16.5. The Hall–Kier alpha value is -2.28. The third-order valence-corrected chi connectivity index (χ3v) is 2.98. The molecule has 7 nitrogen and oxygen atoms in total. The molecule has 7 heteroatoms. The molecule has 2 heterocycles. The van der Waals surface area contributed by atoms with Crippen LogP contribution in [0.25, 0.3) is 0 Å². The standard InChI is InChI=1S/C15H22N4O3/c1-10(2)13-18-14(17-9-11-5-4-6-21-11)12(16)15(19-13)22-8-7-20-3/h4-6,10H,7-9,16H2,1-3H3,(H,17,18,19). The van der Waals surface area contributed by atoms with E-state index in [1.807, 2.05) is 26.0 Å². The number of hydrogen-bond acceptors (Lipinski definition) is 7. The number of hydrogen-bond donors (Lipinski definition) is 2. The van der Waals surface area contributed by atoms with Gasteiger partial charge in [-0.15, -0.1) is 0 Å². The maximum Gasteiger partial charge on any atom is 0.242 e. The van der Waals surface area contributed by atoms with E-state index in [0.29, 0.717) is 43.0 Å². The fourth-order valence-corrected chi connectivity index (χ4v) is 1.77. The highest BCUT2D eigenvalue weighted by Gasteiger charge is 2.15. The molecule has 2 aromatic heterocycles. The van der Waals surface area contributed by atoms with Crippen LogP contribution >= 0.6 is 0 Å². The van der Waals surface area contributed by atoms with Gasteiger partial charge in [-0.2, -0.15) is 4.98 Å². The summed E-state index contributed by atoms with van der Waals surface area (Å²) < 4.78 is 15.8. The lowest BCUT2D eigenvalue weighted by molar-refractivity contribution is 0.144. The van der Waals surface area contributed by atoms with Crippen molar-refractivity contribution in [3.63, 3.8) is 0 Å². The first kappa shape index (κ1) is 16.1. The maximum absolute atomic E-state index is 6.09. The summed E-state index contributed by atoms with van der Waals surface area (Å²) in [5.74, 6) is 2.55. The molecule has 0 aliphatic carbocycles. The van der Waals surface area contributed by atoms with Crippen LogP contribution in [0.3, 0.4) is 0 Å². The van der Waals surface area contributed by atoms with Gasteiger partial charge in [0.2, 0.25) is 5.88 Å². The molecule has 2 rings (SSSR count). The van der Waals surface area contributed by atoms with Crippen molar-refractivity contribution in [3.8, 4) is 5.88 Å². The zero-order valence-corrected chi connectivity index (χ0v) is 13.1. The summed E-state index contributed by atoms with van der Waals surface area (Å²) in [6, 6.07) is 3.71. The van der Waals surface area contributed by atoms with E-state index in [4.69, 9.17) is 19.6 Å². The highest BCUT2D eigenvalue weighted by molar-refractivity contribution is 5.67. The van der Waals surface area contributed by atoms with Crippen molar-refractivity contribution in [1.29, 1.82) is 0 Å². The zero-order valence-electron chi connectivity index (χ0n) is 13.1. The Morgan fingerprint density at radius 3 is 2.77 bits per heavy atom. The molecule has 2 aromatic rings. The van der Waals surface area contributed by atoms with Crippen molar-refractivity contribution in [1.82, 2.24) is 9.97 Å². The predicted molar refractivity (Wildman–Crippen MR) is 83.9 cm³/mol. The van der Waals surface area contributed by atoms with E-state index in [9.17, 15) is 0 Å². The molecule has 0 aliphatic heterocycles. The number of methoxy groups -OCH3 is 1. The SMILES string of the molecule is COCCOc1nc(C(C)C)nc(NCc2ccco2)c1N. The van der Waals surface area contributed by atoms with Crippen LogP contribution in [0.2, 0.25) is 0 Å². The van der Waals surface area contributed by atoms with E-state index in [0.717, 1.165) is 5.76 Å². The van der Waals surface area contributed by atoms with E-state index in [-0.39, 0.29) is 5.92 Å². The summed E-state index contributed by atoms with van der Waals surface area (Å²) in [6.45, 7) is 5.37. The van der Waals surface area contributed by atoms with Gasteiger partial charge in [0, 0.05) is 13.0 Å². The van der Waals surface area contributed by atoms with Crippen LogP contribution in [0.1, 0.15) is 31.4 Å². The molecular weight excluding hydrogens is 284 g/mol. The van der Waals surface area contributed by atoms with Crippen LogP contribution in [-0.2, 0) is 11.3 Å². The smallest absolute Gasteiger partial charge is 0.242 e. The molecule has 0 spiro atoms. The van der Waals surface area contributed by atoms with Gasteiger partial charge in [-0.1, -0.05) is 13.8 Å². The largest absolute Gasteiger partial charge is 0.474 e. The summed E-state index contributed by atoms with van der Waals surface area (Å²) in [5, 5.41) is 3.16. The number of ether oxygens (including phenoxy) is 2. The normalized spacial score (nSPS) is 10.9. The molecule has 0 unspecified atom stereocenters. The predicted octanol–water partition coefficient (Wildman–Crippen LogP) is 2.41. The second-order valence-corrected chi connectivity index (χ2v) is 5.08. The third kappa shape index (κ3) is 4.11. The third-order valence-electron chi connectivity index (χ3n) is 2.98. The van der Waals surface area contributed by atoms with Gasteiger partial charge in [0.25, 0.3) is 0 Å². The molecule has 120 valence electrons. The van der Waals surface area contributed by atoms with Gasteiger partial charge in [-0.3, -0.25) is 0 Å². The minimum Gasteiger partial charge on any atom is -0.474 e. The van der Waals surface area contributed by atoms with Crippen LogP contribution in [0.5, 0.6) is 5.88 Å². The summed E-state index contributed by atoms with van der Waals surface area (Å²) in [6.07, 6.45) is 1.62. The van der Waals surface area contributed by atoms with Gasteiger partial charge in [-0.05, 0) is 12.1 Å². The Balaban J connectivity index is 2.18. The molecule has 0 saturated carbocycles. The Kier molecular flexibility index (Phi) is 5.60. The van der Waals surface area contributed by atoms with E-state index in [1.165, 1.54) is 0 Å². The molecule has 0 saturated heterocycles. The first-order valence-electron chi connectivity index (χ1n) is 7.17. The molecule has 22 heavy (non-hydrogen) atoms. The number of rotatable bonds is 8. The van der Waals surface area contributed by atoms with Crippen LogP contribution in [0.15, 0.2) is 22.8 Å². The van der Waals surface area contributed by atoms with Crippen molar-refractivity contribution in [2.24, 2.45) is 0 Å². The Morgan fingerprint density at radius 2 is 2.14 bits per heavy atom. The molecule has 0 aliphatic rings. The van der Waals surface area contributed by atoms with Crippen LogP contribution < -0.4 is 15.8 Å². The van der Waals surface area contributed by atoms with E-state index in [2.05, 4.69) is 15.3 Å². The van der Waals surface area contributed by atoms with Gasteiger partial charge in [0.15, 0.2) is 5.82 Å². The van der Waals surface area contributed by atoms with Gasteiger partial charge < -0.3 is 24.9 Å². The first-order chi connectivity index (χ1) is 10.6. The van der Waals surface area contributed by atoms with E-state index >= 15 is 0 Å². The summed E-state index contributed by atoms with van der Waals surface area (Å²) in [4.78, 5) is 8.83. The number of nitrogen functional groups attached to an aromatic ring is 1. The molecule has 0 bridgehead atoms. The molecule has 3 N–H and O–H groups in total. The average molecular weight is 306 g/mol. The zero-order chi connectivity index (χ0) is 15.9. The lowest BCUT2D eigenvalue weighted by Crippen LogP contribution is -2.13. The number of nitrogens with two attached hydrogens (primary N) is 1. The van der Waals surface area contributed by atoms with Gasteiger partial charge in [0.05, 0.1) is 19.4 Å². The number of nitrogens with one attached hydrogen (secondary N) is 1. The fourth-order valence-electron chi connectivity index (χ4n) is 1.77. The summed E-state index contributed by atoms with van der Waals surface area (Å²) in [5.41, 5.74) is 6.47. The van der Waals surface area contributed by atoms with Crippen LogP contribution in [0.4, 0.5) is 11.5 Å². The Morgan fingerprint density at radius 1 is 1.32 bits per heavy atom. The maximum atomic E-state index is 6.09. The van der Waals surface area contributed by atoms with Crippen molar-refractivity contribution in [2.45, 2.75) is 26.3 Å². The molecule has 0 atom stereocenters. The van der Waals surface area contributed by atoms with Gasteiger partial charge >= 0.3 is 0 Å². The summed E-state index contributed by atoms with van der Waals surface area (Å²) >= 11 is 0. The second-order valence-electron chi connectivity index (χ2n) is 5.08. The van der Waals surface area contributed by atoms with E-state index in [1.54, 1.807) is 13.4 Å². The number of aromatic nitrogens is 2. The number of furan rings is 1. The minimum atomic E-state index is 0.162. The molecule has 0 fully saturated rings. The Bertz CT molecular complexity index is 585. The lowest BCUT2D eigenvalue weighted by atomic mass is 10.2. The number of nitrogens with zero attached hydrogens (tertiary/aromatic N) is 2. The van der Waals surface area contributed by atoms with Crippen molar-refractivity contribution in [3.05, 3.63) is 30.0 Å². The first-order valence-corrected chi connectivity index (χ1v) is 7.17. The molecule has 0 amide bonds. The van der Waals surface area contributed by atoms with E-state index < -0.39 is 0 Å². The van der Waals surface area contributed by atoms with Crippen molar-refractivity contribution >= 4 is 11.5 Å². The minimum absolute atomic E-state index is 0.162. The van der Waals surface area contributed by atoms with Crippen LogP contribution in [0, 0.1) is 0 Å². The van der Waals surface area contributed by atoms with Crippen LogP contribution in [-0.4, -0.2) is 30.3 Å². The topological polar surface area (TPSA) is 95.4 Å². The summed E-state index contributed by atoms with van der Waals surface area (Å²) in [7, 11) is 1.61. The molecule has 0 radical (unpaired) electrons. The average Bonchev–Trinajstić information content (AvgIpc) is 3.01. The molecule has 0 aromatic carbocycles. The highest BCUT2D eigenvalue weighted by Crippen LogP contribution is 2.28. The van der Waals surface area contributed by atoms with Crippen molar-refractivity contribution in [2.75, 3.05) is 31.4 Å². The van der Waals surface area contributed by atoms with Crippen molar-refractivity contribution < 1.29 is 13.9 Å². The van der Waals surface area contributed by atoms with Gasteiger partial charge in [-0.25, -0.2) is 4.98 Å². The fraction of sp³-hybridized carbons (Fsp3) is 0.467. The monoisotopic (exact) mass is 306 g/mol. The number of anilines is 2. The second kappa shape index (κ2) is 7.65. The van der Waals surface area contributed by atoms with Gasteiger partial charge in [0.1, 0.15) is 23.9 Å². The molecular formula is C15H22N4O3. The lowest BCUT2D eigenvalue weighted by Gasteiger charge is -2.15. The Labute approximate surface area is 129 Å².